The number of para-hydroxylation sites is 1. The van der Waals surface area contributed by atoms with E-state index in [0.29, 0.717) is 5.75 Å². The van der Waals surface area contributed by atoms with Gasteiger partial charge in [0.2, 0.25) is 5.91 Å². The summed E-state index contributed by atoms with van der Waals surface area (Å²) in [5, 5.41) is 5.66. The number of methoxy groups -OCH3 is 1. The first-order valence-electron chi connectivity index (χ1n) is 12.3. The lowest BCUT2D eigenvalue weighted by atomic mass is 10.1. The summed E-state index contributed by atoms with van der Waals surface area (Å²) in [5.74, 6) is -0.433. The normalized spacial score (nSPS) is 11.7. The molecule has 200 valence electrons. The predicted octanol–water partition coefficient (Wildman–Crippen LogP) is 5.02. The van der Waals surface area contributed by atoms with E-state index in [1.54, 1.807) is 66.7 Å². The minimum atomic E-state index is -4.08. The summed E-state index contributed by atoms with van der Waals surface area (Å²) in [5.41, 5.74) is 1.76. The predicted molar refractivity (Wildman–Crippen MR) is 151 cm³/mol. The number of nitrogens with one attached hydrogen (secondary N) is 2. The van der Waals surface area contributed by atoms with E-state index in [0.717, 1.165) is 9.87 Å². The van der Waals surface area contributed by atoms with Crippen LogP contribution in [0.3, 0.4) is 0 Å². The first-order chi connectivity index (χ1) is 18.8. The van der Waals surface area contributed by atoms with Gasteiger partial charge in [0.05, 0.1) is 35.0 Å². The van der Waals surface area contributed by atoms with Crippen LogP contribution in [0.2, 0.25) is 0 Å². The SMILES string of the molecule is COc1ccc(N(CC(=O)Nc2ccccc2C(=O)N[C@H](C)c2ccccc2)S(=O)(=O)c2ccccc2)cc1. The zero-order valence-corrected chi connectivity index (χ0v) is 22.4. The summed E-state index contributed by atoms with van der Waals surface area (Å²) in [7, 11) is -2.57. The number of benzene rings is 4. The molecule has 4 aromatic rings. The van der Waals surface area contributed by atoms with Crippen LogP contribution in [-0.4, -0.2) is 33.9 Å². The van der Waals surface area contributed by atoms with Crippen LogP contribution >= 0.6 is 0 Å². The Bertz CT molecular complexity index is 1530. The molecule has 0 heterocycles. The Morgan fingerprint density at radius 2 is 1.41 bits per heavy atom. The molecule has 0 aromatic heterocycles. The number of carbonyl (C=O) groups excluding carboxylic acids is 2. The van der Waals surface area contributed by atoms with E-state index in [-0.39, 0.29) is 33.8 Å². The standard InChI is InChI=1S/C30H29N3O5S/c1-22(23-11-5-3-6-12-23)31-30(35)27-15-9-10-16-28(27)32-29(34)21-33(24-17-19-25(38-2)20-18-24)39(36,37)26-13-7-4-8-14-26/h3-20,22H,21H2,1-2H3,(H,31,35)(H,32,34)/t22-/m1/s1. The molecule has 0 aliphatic heterocycles. The van der Waals surface area contributed by atoms with Crippen LogP contribution in [-0.2, 0) is 14.8 Å². The topological polar surface area (TPSA) is 105 Å². The van der Waals surface area contributed by atoms with E-state index in [4.69, 9.17) is 4.74 Å². The smallest absolute Gasteiger partial charge is 0.264 e. The molecule has 0 aliphatic carbocycles. The Kier molecular flexibility index (Phi) is 8.63. The van der Waals surface area contributed by atoms with Gasteiger partial charge in [-0.3, -0.25) is 13.9 Å². The molecular weight excluding hydrogens is 514 g/mol. The number of anilines is 2. The van der Waals surface area contributed by atoms with Gasteiger partial charge in [0.25, 0.3) is 15.9 Å². The lowest BCUT2D eigenvalue weighted by molar-refractivity contribution is -0.114. The zero-order chi connectivity index (χ0) is 27.8. The van der Waals surface area contributed by atoms with Gasteiger partial charge in [-0.2, -0.15) is 0 Å². The lowest BCUT2D eigenvalue weighted by Gasteiger charge is -2.24. The molecule has 2 amide bonds. The highest BCUT2D eigenvalue weighted by Gasteiger charge is 2.27. The maximum atomic E-state index is 13.6. The second kappa shape index (κ2) is 12.3. The summed E-state index contributed by atoms with van der Waals surface area (Å²) in [6.07, 6.45) is 0. The summed E-state index contributed by atoms with van der Waals surface area (Å²) in [6.45, 7) is 1.36. The van der Waals surface area contributed by atoms with Gasteiger partial charge in [0.15, 0.2) is 0 Å². The molecule has 0 saturated carbocycles. The molecule has 0 unspecified atom stereocenters. The van der Waals surface area contributed by atoms with Gasteiger partial charge in [0, 0.05) is 0 Å². The zero-order valence-electron chi connectivity index (χ0n) is 21.6. The van der Waals surface area contributed by atoms with Crippen molar-refractivity contribution < 1.29 is 22.7 Å². The van der Waals surface area contributed by atoms with Crippen LogP contribution < -0.4 is 19.7 Å². The average Bonchev–Trinajstić information content (AvgIpc) is 2.97. The van der Waals surface area contributed by atoms with E-state index in [1.165, 1.54) is 19.2 Å². The minimum Gasteiger partial charge on any atom is -0.497 e. The third-order valence-corrected chi connectivity index (χ3v) is 7.86. The van der Waals surface area contributed by atoms with Crippen LogP contribution in [0.25, 0.3) is 0 Å². The van der Waals surface area contributed by atoms with E-state index in [2.05, 4.69) is 10.6 Å². The third kappa shape index (κ3) is 6.63. The van der Waals surface area contributed by atoms with E-state index < -0.39 is 22.5 Å². The molecule has 4 rings (SSSR count). The maximum Gasteiger partial charge on any atom is 0.264 e. The number of hydrogen-bond donors (Lipinski definition) is 2. The summed E-state index contributed by atoms with van der Waals surface area (Å²) < 4.78 is 33.3. The second-order valence-electron chi connectivity index (χ2n) is 8.72. The maximum absolute atomic E-state index is 13.6. The molecule has 2 N–H and O–H groups in total. The Labute approximate surface area is 228 Å². The Morgan fingerprint density at radius 3 is 2.05 bits per heavy atom. The highest BCUT2D eigenvalue weighted by molar-refractivity contribution is 7.92. The Hall–Kier alpha value is -4.63. The van der Waals surface area contributed by atoms with E-state index in [9.17, 15) is 18.0 Å². The first-order valence-corrected chi connectivity index (χ1v) is 13.7. The highest BCUT2D eigenvalue weighted by Crippen LogP contribution is 2.26. The van der Waals surface area contributed by atoms with Crippen LogP contribution in [0.15, 0.2) is 114 Å². The molecule has 8 nitrogen and oxygen atoms in total. The van der Waals surface area contributed by atoms with Gasteiger partial charge in [-0.15, -0.1) is 0 Å². The fourth-order valence-electron chi connectivity index (χ4n) is 3.99. The van der Waals surface area contributed by atoms with Gasteiger partial charge in [-0.05, 0) is 61.0 Å². The van der Waals surface area contributed by atoms with Crippen molar-refractivity contribution in [3.63, 3.8) is 0 Å². The van der Waals surface area contributed by atoms with Crippen molar-refractivity contribution in [2.75, 3.05) is 23.3 Å². The number of nitrogens with zero attached hydrogens (tertiary/aromatic N) is 1. The van der Waals surface area contributed by atoms with Gasteiger partial charge in [-0.25, -0.2) is 8.42 Å². The third-order valence-electron chi connectivity index (χ3n) is 6.07. The van der Waals surface area contributed by atoms with Crippen LogP contribution in [0.1, 0.15) is 28.9 Å². The number of ether oxygens (including phenoxy) is 1. The highest BCUT2D eigenvalue weighted by atomic mass is 32.2. The molecule has 9 heteroatoms. The number of carbonyl (C=O) groups is 2. The Balaban J connectivity index is 1.57. The van der Waals surface area contributed by atoms with Crippen LogP contribution in [0.5, 0.6) is 5.75 Å². The minimum absolute atomic E-state index is 0.0447. The number of rotatable bonds is 10. The van der Waals surface area contributed by atoms with Gasteiger partial charge < -0.3 is 15.4 Å². The van der Waals surface area contributed by atoms with Crippen molar-refractivity contribution in [2.45, 2.75) is 17.9 Å². The van der Waals surface area contributed by atoms with E-state index >= 15 is 0 Å². The molecule has 1 atom stereocenters. The van der Waals surface area contributed by atoms with Crippen molar-refractivity contribution in [1.82, 2.24) is 5.32 Å². The van der Waals surface area contributed by atoms with Crippen LogP contribution in [0.4, 0.5) is 11.4 Å². The van der Waals surface area contributed by atoms with Crippen molar-refractivity contribution in [2.24, 2.45) is 0 Å². The van der Waals surface area contributed by atoms with Gasteiger partial charge >= 0.3 is 0 Å². The Morgan fingerprint density at radius 1 is 0.821 bits per heavy atom. The fourth-order valence-corrected chi connectivity index (χ4v) is 5.43. The molecular formula is C30H29N3O5S. The van der Waals surface area contributed by atoms with Gasteiger partial charge in [-0.1, -0.05) is 60.7 Å². The van der Waals surface area contributed by atoms with E-state index in [1.807, 2.05) is 37.3 Å². The fraction of sp³-hybridized carbons (Fsp3) is 0.133. The lowest BCUT2D eigenvalue weighted by Crippen LogP contribution is -2.38. The van der Waals surface area contributed by atoms with Crippen molar-refractivity contribution in [3.8, 4) is 5.75 Å². The summed E-state index contributed by atoms with van der Waals surface area (Å²) in [4.78, 5) is 26.4. The molecule has 4 aromatic carbocycles. The van der Waals surface area contributed by atoms with Crippen LogP contribution in [0, 0.1) is 0 Å². The monoisotopic (exact) mass is 543 g/mol. The molecule has 0 fully saturated rings. The summed E-state index contributed by atoms with van der Waals surface area (Å²) in [6, 6.07) is 30.1. The molecule has 39 heavy (non-hydrogen) atoms. The number of amides is 2. The average molecular weight is 544 g/mol. The molecule has 0 bridgehead atoms. The first kappa shape index (κ1) is 27.4. The van der Waals surface area contributed by atoms with Gasteiger partial charge in [0.1, 0.15) is 12.3 Å². The second-order valence-corrected chi connectivity index (χ2v) is 10.6. The summed E-state index contributed by atoms with van der Waals surface area (Å²) >= 11 is 0. The molecule has 0 spiro atoms. The van der Waals surface area contributed by atoms with Crippen molar-refractivity contribution >= 4 is 33.2 Å². The van der Waals surface area contributed by atoms with Crippen molar-refractivity contribution in [1.29, 1.82) is 0 Å². The number of sulfonamides is 1. The molecule has 0 saturated heterocycles. The molecule has 0 aliphatic rings. The number of hydrogen-bond acceptors (Lipinski definition) is 5. The quantitative estimate of drug-likeness (QED) is 0.292. The van der Waals surface area contributed by atoms with Crippen molar-refractivity contribution in [3.05, 3.63) is 120 Å². The molecule has 0 radical (unpaired) electrons. The largest absolute Gasteiger partial charge is 0.497 e.